The summed E-state index contributed by atoms with van der Waals surface area (Å²) in [5.74, 6) is 1.80. The molecule has 2 fully saturated rings. The van der Waals surface area contributed by atoms with Gasteiger partial charge in [0.1, 0.15) is 0 Å². The third-order valence-corrected chi connectivity index (χ3v) is 4.68. The van der Waals surface area contributed by atoms with Gasteiger partial charge in [-0.25, -0.2) is 0 Å². The van der Waals surface area contributed by atoms with Crippen molar-refractivity contribution in [3.8, 4) is 0 Å². The van der Waals surface area contributed by atoms with E-state index < -0.39 is 0 Å². The minimum absolute atomic E-state index is 0.475. The molecule has 5 unspecified atom stereocenters. The van der Waals surface area contributed by atoms with Gasteiger partial charge < -0.3 is 10.1 Å². The third kappa shape index (κ3) is 2.78. The molecule has 0 aromatic heterocycles. The maximum absolute atomic E-state index is 5.85. The highest BCUT2D eigenvalue weighted by Gasteiger charge is 2.32. The lowest BCUT2D eigenvalue weighted by Crippen LogP contribution is -2.38. The van der Waals surface area contributed by atoms with Crippen LogP contribution in [-0.4, -0.2) is 24.8 Å². The molecule has 1 N–H and O–H groups in total. The van der Waals surface area contributed by atoms with Gasteiger partial charge in [-0.1, -0.05) is 20.3 Å². The normalized spacial score (nSPS) is 44.1. The van der Waals surface area contributed by atoms with E-state index in [1.807, 2.05) is 0 Å². The van der Waals surface area contributed by atoms with Gasteiger partial charge in [-0.05, 0) is 44.4 Å². The topological polar surface area (TPSA) is 21.3 Å². The Morgan fingerprint density at radius 3 is 2.50 bits per heavy atom. The molecule has 0 aromatic rings. The quantitative estimate of drug-likeness (QED) is 0.794. The predicted molar refractivity (Wildman–Crippen MR) is 67.5 cm³/mol. The molecule has 2 heteroatoms. The maximum atomic E-state index is 5.85. The van der Waals surface area contributed by atoms with E-state index in [1.165, 1.54) is 32.1 Å². The van der Waals surface area contributed by atoms with Gasteiger partial charge >= 0.3 is 0 Å². The Kier molecular flexibility index (Phi) is 4.26. The Morgan fingerprint density at radius 2 is 1.94 bits per heavy atom. The van der Waals surface area contributed by atoms with Crippen LogP contribution in [0.15, 0.2) is 0 Å². The average Bonchev–Trinajstić information content (AvgIpc) is 2.83. The summed E-state index contributed by atoms with van der Waals surface area (Å²) in [6.45, 7) is 7.99. The minimum atomic E-state index is 0.475. The Labute approximate surface area is 100 Å². The van der Waals surface area contributed by atoms with Crippen LogP contribution in [0, 0.1) is 11.8 Å². The molecule has 5 atom stereocenters. The Morgan fingerprint density at radius 1 is 1.12 bits per heavy atom. The van der Waals surface area contributed by atoms with Crippen LogP contribution in [0.25, 0.3) is 0 Å². The molecule has 1 aliphatic heterocycles. The fourth-order valence-corrected chi connectivity index (χ4v) is 3.43. The van der Waals surface area contributed by atoms with Crippen molar-refractivity contribution in [3.63, 3.8) is 0 Å². The molecule has 0 aromatic carbocycles. The molecule has 2 aliphatic rings. The van der Waals surface area contributed by atoms with Crippen LogP contribution < -0.4 is 5.32 Å². The molecule has 1 saturated carbocycles. The average molecular weight is 225 g/mol. The van der Waals surface area contributed by atoms with E-state index in [0.29, 0.717) is 12.2 Å². The van der Waals surface area contributed by atoms with Gasteiger partial charge in [0.25, 0.3) is 0 Å². The first-order valence-electron chi connectivity index (χ1n) is 7.09. The van der Waals surface area contributed by atoms with Crippen LogP contribution in [0.2, 0.25) is 0 Å². The van der Waals surface area contributed by atoms with Crippen molar-refractivity contribution >= 4 is 0 Å². The number of hydrogen-bond donors (Lipinski definition) is 1. The molecular weight excluding hydrogens is 198 g/mol. The third-order valence-electron chi connectivity index (χ3n) is 4.68. The zero-order valence-electron chi connectivity index (χ0n) is 11.0. The Hall–Kier alpha value is -0.0800. The molecule has 2 rings (SSSR count). The monoisotopic (exact) mass is 225 g/mol. The van der Waals surface area contributed by atoms with Crippen molar-refractivity contribution in [1.29, 1.82) is 0 Å². The summed E-state index contributed by atoms with van der Waals surface area (Å²) in [4.78, 5) is 0. The molecular formula is C14H27NO. The first-order chi connectivity index (χ1) is 7.70. The van der Waals surface area contributed by atoms with Gasteiger partial charge in [-0.3, -0.25) is 0 Å². The molecule has 2 nitrogen and oxygen atoms in total. The van der Waals surface area contributed by atoms with Gasteiger partial charge in [0.15, 0.2) is 0 Å². The first kappa shape index (κ1) is 12.4. The fraction of sp³-hybridized carbons (Fsp3) is 1.00. The second-order valence-electron chi connectivity index (χ2n) is 5.77. The molecule has 0 amide bonds. The van der Waals surface area contributed by atoms with E-state index in [-0.39, 0.29) is 0 Å². The van der Waals surface area contributed by atoms with E-state index in [0.717, 1.165) is 24.4 Å². The predicted octanol–water partition coefficient (Wildman–Crippen LogP) is 2.97. The highest BCUT2D eigenvalue weighted by atomic mass is 16.5. The van der Waals surface area contributed by atoms with E-state index >= 15 is 0 Å². The standard InChI is InChI=1S/C14H27NO/c1-4-12-6-8-14(11(12)3)15-9-13-7-5-10(2)16-13/h10-15H,4-9H2,1-3H3. The second kappa shape index (κ2) is 5.50. The number of hydrogen-bond acceptors (Lipinski definition) is 2. The summed E-state index contributed by atoms with van der Waals surface area (Å²) in [6, 6.07) is 0.740. The lowest BCUT2D eigenvalue weighted by atomic mass is 9.93. The van der Waals surface area contributed by atoms with Crippen molar-refractivity contribution in [2.75, 3.05) is 6.54 Å². The summed E-state index contributed by atoms with van der Waals surface area (Å²) in [5, 5.41) is 3.73. The summed E-state index contributed by atoms with van der Waals surface area (Å²) in [5.41, 5.74) is 0. The van der Waals surface area contributed by atoms with E-state index in [4.69, 9.17) is 4.74 Å². The smallest absolute Gasteiger partial charge is 0.0704 e. The highest BCUT2D eigenvalue weighted by Crippen LogP contribution is 2.34. The molecule has 0 spiro atoms. The molecule has 0 radical (unpaired) electrons. The molecule has 94 valence electrons. The first-order valence-corrected chi connectivity index (χ1v) is 7.09. The van der Waals surface area contributed by atoms with Gasteiger partial charge in [0.05, 0.1) is 12.2 Å². The zero-order chi connectivity index (χ0) is 11.5. The molecule has 0 bridgehead atoms. The van der Waals surface area contributed by atoms with Gasteiger partial charge in [-0.2, -0.15) is 0 Å². The van der Waals surface area contributed by atoms with Crippen molar-refractivity contribution in [1.82, 2.24) is 5.32 Å². The second-order valence-corrected chi connectivity index (χ2v) is 5.77. The lowest BCUT2D eigenvalue weighted by Gasteiger charge is -2.22. The van der Waals surface area contributed by atoms with Crippen LogP contribution in [0.1, 0.15) is 52.9 Å². The maximum Gasteiger partial charge on any atom is 0.0704 e. The van der Waals surface area contributed by atoms with Crippen molar-refractivity contribution in [2.24, 2.45) is 11.8 Å². The van der Waals surface area contributed by atoms with Crippen molar-refractivity contribution in [3.05, 3.63) is 0 Å². The molecule has 1 saturated heterocycles. The van der Waals surface area contributed by atoms with Crippen LogP contribution in [0.3, 0.4) is 0 Å². The lowest BCUT2D eigenvalue weighted by molar-refractivity contribution is 0.0534. The highest BCUT2D eigenvalue weighted by molar-refractivity contribution is 4.87. The van der Waals surface area contributed by atoms with Crippen molar-refractivity contribution in [2.45, 2.75) is 71.1 Å². The van der Waals surface area contributed by atoms with Crippen LogP contribution in [-0.2, 0) is 4.74 Å². The molecule has 16 heavy (non-hydrogen) atoms. The largest absolute Gasteiger partial charge is 0.374 e. The summed E-state index contributed by atoms with van der Waals surface area (Å²) in [7, 11) is 0. The molecule has 1 aliphatic carbocycles. The summed E-state index contributed by atoms with van der Waals surface area (Å²) < 4.78 is 5.85. The van der Waals surface area contributed by atoms with Gasteiger partial charge in [0.2, 0.25) is 0 Å². The number of ether oxygens (including phenoxy) is 1. The van der Waals surface area contributed by atoms with Gasteiger partial charge in [0, 0.05) is 12.6 Å². The summed E-state index contributed by atoms with van der Waals surface area (Å²) >= 11 is 0. The Balaban J connectivity index is 1.70. The van der Waals surface area contributed by atoms with E-state index in [9.17, 15) is 0 Å². The molecule has 1 heterocycles. The fourth-order valence-electron chi connectivity index (χ4n) is 3.43. The van der Waals surface area contributed by atoms with Crippen LogP contribution in [0.5, 0.6) is 0 Å². The van der Waals surface area contributed by atoms with Crippen LogP contribution in [0.4, 0.5) is 0 Å². The zero-order valence-corrected chi connectivity index (χ0v) is 11.0. The van der Waals surface area contributed by atoms with Gasteiger partial charge in [-0.15, -0.1) is 0 Å². The Bertz CT molecular complexity index is 219. The van der Waals surface area contributed by atoms with E-state index in [1.54, 1.807) is 0 Å². The van der Waals surface area contributed by atoms with Crippen LogP contribution >= 0.6 is 0 Å². The number of rotatable bonds is 4. The SMILES string of the molecule is CCC1CCC(NCC2CCC(C)O2)C1C. The minimum Gasteiger partial charge on any atom is -0.374 e. The van der Waals surface area contributed by atoms with Crippen molar-refractivity contribution < 1.29 is 4.74 Å². The van der Waals surface area contributed by atoms with E-state index in [2.05, 4.69) is 26.1 Å². The summed E-state index contributed by atoms with van der Waals surface area (Å²) in [6.07, 6.45) is 7.56. The number of nitrogens with one attached hydrogen (secondary N) is 1.